The van der Waals surface area contributed by atoms with Crippen LogP contribution in [0.2, 0.25) is 0 Å². The second-order valence-electron chi connectivity index (χ2n) is 8.27. The lowest BCUT2D eigenvalue weighted by Crippen LogP contribution is -2.28. The average Bonchev–Trinajstić information content (AvgIpc) is 2.74. The van der Waals surface area contributed by atoms with Crippen LogP contribution in [0.15, 0.2) is 42.6 Å². The first-order valence-corrected chi connectivity index (χ1v) is 12.6. The molecule has 3 rings (SSSR count). The lowest BCUT2D eigenvalue weighted by atomic mass is 9.90. The Morgan fingerprint density at radius 1 is 1.12 bits per heavy atom. The van der Waals surface area contributed by atoms with Gasteiger partial charge in [0, 0.05) is 11.9 Å². The number of amides is 1. The molecular weight excluding hydrogens is 430 g/mol. The highest BCUT2D eigenvalue weighted by molar-refractivity contribution is 7.93. The Morgan fingerprint density at radius 3 is 2.53 bits per heavy atom. The molecule has 1 aliphatic carbocycles. The lowest BCUT2D eigenvalue weighted by molar-refractivity contribution is -0.113. The molecular formula is C23H31N3O5S. The molecule has 0 bridgehead atoms. The number of nitrogens with one attached hydrogen (secondary N) is 2. The third-order valence-electron chi connectivity index (χ3n) is 5.05. The SMILES string of the molecule is CC(C)Oc1ccc(NS(=O)(=O)CC(=O)Nc2ncccc2OCC2CCCCC2)cc1. The van der Waals surface area contributed by atoms with E-state index in [1.54, 1.807) is 36.4 Å². The van der Waals surface area contributed by atoms with E-state index in [1.807, 2.05) is 13.8 Å². The van der Waals surface area contributed by atoms with E-state index in [1.165, 1.54) is 25.5 Å². The van der Waals surface area contributed by atoms with Crippen LogP contribution in [0.25, 0.3) is 0 Å². The number of ether oxygens (including phenoxy) is 2. The highest BCUT2D eigenvalue weighted by Crippen LogP contribution is 2.27. The number of nitrogens with zero attached hydrogens (tertiary/aromatic N) is 1. The van der Waals surface area contributed by atoms with Gasteiger partial charge in [-0.2, -0.15) is 0 Å². The van der Waals surface area contributed by atoms with Crippen LogP contribution >= 0.6 is 0 Å². The molecule has 1 fully saturated rings. The third kappa shape index (κ3) is 7.71. The maximum Gasteiger partial charge on any atom is 0.242 e. The van der Waals surface area contributed by atoms with Crippen LogP contribution in [-0.4, -0.2) is 37.8 Å². The number of rotatable bonds is 10. The first-order chi connectivity index (χ1) is 15.3. The van der Waals surface area contributed by atoms with Gasteiger partial charge in [-0.15, -0.1) is 0 Å². The largest absolute Gasteiger partial charge is 0.491 e. The average molecular weight is 462 g/mol. The Balaban J connectivity index is 1.55. The van der Waals surface area contributed by atoms with Gasteiger partial charge in [0.25, 0.3) is 0 Å². The van der Waals surface area contributed by atoms with Gasteiger partial charge in [0.15, 0.2) is 11.6 Å². The fourth-order valence-corrected chi connectivity index (χ4v) is 4.58. The molecule has 1 aromatic carbocycles. The van der Waals surface area contributed by atoms with Crippen molar-refractivity contribution in [1.29, 1.82) is 0 Å². The number of benzene rings is 1. The fourth-order valence-electron chi connectivity index (χ4n) is 3.59. The first-order valence-electron chi connectivity index (χ1n) is 11.0. The summed E-state index contributed by atoms with van der Waals surface area (Å²) in [6.07, 6.45) is 7.50. The van der Waals surface area contributed by atoms with Crippen LogP contribution in [0.3, 0.4) is 0 Å². The zero-order valence-corrected chi connectivity index (χ0v) is 19.4. The van der Waals surface area contributed by atoms with E-state index in [0.29, 0.717) is 29.7 Å². The minimum atomic E-state index is -3.90. The fraction of sp³-hybridized carbons (Fsp3) is 0.478. The highest BCUT2D eigenvalue weighted by atomic mass is 32.2. The van der Waals surface area contributed by atoms with E-state index < -0.39 is 21.7 Å². The van der Waals surface area contributed by atoms with Crippen molar-refractivity contribution in [1.82, 2.24) is 4.98 Å². The maximum absolute atomic E-state index is 12.4. The summed E-state index contributed by atoms with van der Waals surface area (Å²) in [7, 11) is -3.90. The molecule has 1 saturated carbocycles. The standard InChI is InChI=1S/C23H31N3O5S/c1-17(2)31-20-12-10-19(11-13-20)26-32(28,29)16-22(27)25-23-21(9-6-14-24-23)30-15-18-7-4-3-5-8-18/h6,9-14,17-18,26H,3-5,7-8,15-16H2,1-2H3,(H,24,25,27). The molecule has 1 amide bonds. The number of carbonyl (C=O) groups excluding carboxylic acids is 1. The number of hydrogen-bond donors (Lipinski definition) is 2. The van der Waals surface area contributed by atoms with Crippen molar-refractivity contribution >= 4 is 27.4 Å². The van der Waals surface area contributed by atoms with Crippen molar-refractivity contribution in [3.63, 3.8) is 0 Å². The molecule has 1 aromatic heterocycles. The van der Waals surface area contributed by atoms with Crippen molar-refractivity contribution in [2.45, 2.75) is 52.1 Å². The molecule has 2 N–H and O–H groups in total. The van der Waals surface area contributed by atoms with Crippen LogP contribution in [0.5, 0.6) is 11.5 Å². The number of aromatic nitrogens is 1. The Hall–Kier alpha value is -2.81. The predicted molar refractivity (Wildman–Crippen MR) is 125 cm³/mol. The molecule has 0 aliphatic heterocycles. The highest BCUT2D eigenvalue weighted by Gasteiger charge is 2.20. The van der Waals surface area contributed by atoms with Crippen LogP contribution in [0, 0.1) is 5.92 Å². The number of anilines is 2. The summed E-state index contributed by atoms with van der Waals surface area (Å²) >= 11 is 0. The third-order valence-corrected chi connectivity index (χ3v) is 6.24. The Kier molecular flexibility index (Phi) is 8.33. The van der Waals surface area contributed by atoms with E-state index in [0.717, 1.165) is 12.8 Å². The minimum Gasteiger partial charge on any atom is -0.491 e. The van der Waals surface area contributed by atoms with Crippen LogP contribution in [0.4, 0.5) is 11.5 Å². The molecule has 0 saturated heterocycles. The molecule has 0 atom stereocenters. The van der Waals surface area contributed by atoms with Crippen molar-refractivity contribution in [2.75, 3.05) is 22.4 Å². The zero-order valence-electron chi connectivity index (χ0n) is 18.5. The molecule has 0 radical (unpaired) electrons. The quantitative estimate of drug-likeness (QED) is 0.549. The lowest BCUT2D eigenvalue weighted by Gasteiger charge is -2.22. The van der Waals surface area contributed by atoms with Gasteiger partial charge < -0.3 is 14.8 Å². The van der Waals surface area contributed by atoms with Crippen molar-refractivity contribution in [2.24, 2.45) is 5.92 Å². The molecule has 1 aliphatic rings. The molecule has 2 aromatic rings. The van der Waals surface area contributed by atoms with Gasteiger partial charge in [-0.25, -0.2) is 13.4 Å². The first kappa shape index (κ1) is 23.8. The monoisotopic (exact) mass is 461 g/mol. The molecule has 32 heavy (non-hydrogen) atoms. The van der Waals surface area contributed by atoms with Gasteiger partial charge in [0.2, 0.25) is 15.9 Å². The Labute approximate surface area is 189 Å². The molecule has 0 unspecified atom stereocenters. The summed E-state index contributed by atoms with van der Waals surface area (Å²) in [5, 5.41) is 2.56. The summed E-state index contributed by atoms with van der Waals surface area (Å²) in [5.74, 6) is 0.358. The molecule has 174 valence electrons. The van der Waals surface area contributed by atoms with E-state index >= 15 is 0 Å². The molecule has 8 nitrogen and oxygen atoms in total. The van der Waals surface area contributed by atoms with Crippen molar-refractivity contribution in [3.8, 4) is 11.5 Å². The van der Waals surface area contributed by atoms with E-state index in [2.05, 4.69) is 15.0 Å². The number of hydrogen-bond acceptors (Lipinski definition) is 6. The van der Waals surface area contributed by atoms with Crippen molar-refractivity contribution in [3.05, 3.63) is 42.6 Å². The Bertz CT molecular complexity index is 987. The summed E-state index contributed by atoms with van der Waals surface area (Å²) in [6, 6.07) is 9.95. The van der Waals surface area contributed by atoms with Gasteiger partial charge in [-0.05, 0) is 69.0 Å². The van der Waals surface area contributed by atoms with Crippen LogP contribution < -0.4 is 19.5 Å². The summed E-state index contributed by atoms with van der Waals surface area (Å²) in [4.78, 5) is 16.5. The second-order valence-corrected chi connectivity index (χ2v) is 9.99. The van der Waals surface area contributed by atoms with E-state index in [-0.39, 0.29) is 11.9 Å². The van der Waals surface area contributed by atoms with Crippen LogP contribution in [0.1, 0.15) is 46.0 Å². The summed E-state index contributed by atoms with van der Waals surface area (Å²) < 4.78 is 38.7. The second kappa shape index (κ2) is 11.2. The topological polar surface area (TPSA) is 107 Å². The smallest absolute Gasteiger partial charge is 0.242 e. The summed E-state index contributed by atoms with van der Waals surface area (Å²) in [5.41, 5.74) is 0.350. The Morgan fingerprint density at radius 2 is 1.84 bits per heavy atom. The van der Waals surface area contributed by atoms with Gasteiger partial charge in [-0.1, -0.05) is 19.3 Å². The van der Waals surface area contributed by atoms with Crippen LogP contribution in [-0.2, 0) is 14.8 Å². The number of sulfonamides is 1. The normalized spacial score (nSPS) is 14.7. The van der Waals surface area contributed by atoms with Gasteiger partial charge in [-0.3, -0.25) is 9.52 Å². The minimum absolute atomic E-state index is 0.0179. The summed E-state index contributed by atoms with van der Waals surface area (Å²) in [6.45, 7) is 4.37. The zero-order chi connectivity index (χ0) is 23.0. The predicted octanol–water partition coefficient (Wildman–Crippen LogP) is 4.21. The number of pyridine rings is 1. The van der Waals surface area contributed by atoms with E-state index in [4.69, 9.17) is 9.47 Å². The van der Waals surface area contributed by atoms with Crippen molar-refractivity contribution < 1.29 is 22.7 Å². The van der Waals surface area contributed by atoms with Gasteiger partial charge in [0.1, 0.15) is 11.5 Å². The van der Waals surface area contributed by atoms with Gasteiger partial charge >= 0.3 is 0 Å². The maximum atomic E-state index is 12.4. The van der Waals surface area contributed by atoms with Gasteiger partial charge in [0.05, 0.1) is 12.7 Å². The molecule has 9 heteroatoms. The molecule has 0 spiro atoms. The molecule has 1 heterocycles. The van der Waals surface area contributed by atoms with E-state index in [9.17, 15) is 13.2 Å². The number of carbonyl (C=O) groups is 1.